The molecule has 1 aromatic carbocycles. The van der Waals surface area contributed by atoms with Crippen molar-refractivity contribution < 1.29 is 22.8 Å². The van der Waals surface area contributed by atoms with E-state index >= 15 is 0 Å². The van der Waals surface area contributed by atoms with Crippen LogP contribution in [0.15, 0.2) is 34.9 Å². The summed E-state index contributed by atoms with van der Waals surface area (Å²) in [7, 11) is -3.25. The molecule has 0 aliphatic carbocycles. The van der Waals surface area contributed by atoms with Gasteiger partial charge < -0.3 is 14.9 Å². The van der Waals surface area contributed by atoms with Crippen LogP contribution in [0.1, 0.15) is 36.0 Å². The monoisotopic (exact) mass is 393 g/mol. The first-order valence-electron chi connectivity index (χ1n) is 8.87. The highest BCUT2D eigenvalue weighted by Crippen LogP contribution is 2.29. The number of hydrogen-bond acceptors (Lipinski definition) is 6. The van der Waals surface area contributed by atoms with Crippen molar-refractivity contribution in [3.8, 4) is 11.3 Å². The number of carboxylic acids is 1. The third kappa shape index (κ3) is 4.48. The fourth-order valence-electron chi connectivity index (χ4n) is 3.45. The number of rotatable bonds is 7. The van der Waals surface area contributed by atoms with E-state index in [1.54, 1.807) is 24.3 Å². The van der Waals surface area contributed by atoms with Crippen molar-refractivity contribution in [3.63, 3.8) is 0 Å². The maximum atomic E-state index is 11.9. The van der Waals surface area contributed by atoms with E-state index in [0.717, 1.165) is 19.3 Å². The molecule has 9 heteroatoms. The Morgan fingerprint density at radius 1 is 1.33 bits per heavy atom. The van der Waals surface area contributed by atoms with Crippen LogP contribution in [-0.2, 0) is 10.0 Å². The zero-order valence-electron chi connectivity index (χ0n) is 15.1. The summed E-state index contributed by atoms with van der Waals surface area (Å²) < 4.78 is 30.7. The lowest BCUT2D eigenvalue weighted by atomic mass is 10.0. The van der Waals surface area contributed by atoms with Crippen LogP contribution in [0.3, 0.4) is 0 Å². The van der Waals surface area contributed by atoms with Gasteiger partial charge in [-0.05, 0) is 19.3 Å². The van der Waals surface area contributed by atoms with Gasteiger partial charge >= 0.3 is 5.97 Å². The molecule has 27 heavy (non-hydrogen) atoms. The quantitative estimate of drug-likeness (QED) is 0.743. The zero-order valence-corrected chi connectivity index (χ0v) is 15.9. The van der Waals surface area contributed by atoms with Crippen molar-refractivity contribution in [2.45, 2.75) is 31.7 Å². The Morgan fingerprint density at radius 3 is 2.74 bits per heavy atom. The minimum Gasteiger partial charge on any atom is -0.477 e. The largest absolute Gasteiger partial charge is 0.477 e. The number of hydrogen-bond donors (Lipinski definition) is 2. The third-order valence-corrected chi connectivity index (χ3v) is 6.04. The van der Waals surface area contributed by atoms with Gasteiger partial charge in [0.25, 0.3) is 0 Å². The minimum absolute atomic E-state index is 0.0233. The Morgan fingerprint density at radius 2 is 2.07 bits per heavy atom. The Labute approximate surface area is 158 Å². The van der Waals surface area contributed by atoms with Gasteiger partial charge in [0.1, 0.15) is 0 Å². The molecule has 2 heterocycles. The van der Waals surface area contributed by atoms with Gasteiger partial charge in [-0.3, -0.25) is 0 Å². The maximum Gasteiger partial charge on any atom is 0.343 e. The van der Waals surface area contributed by atoms with Crippen LogP contribution in [0.4, 0.5) is 5.82 Å². The molecule has 1 aliphatic rings. The first kappa shape index (κ1) is 19.4. The predicted octanol–water partition coefficient (Wildman–Crippen LogP) is 2.66. The number of nitrogens with zero attached hydrogens (tertiary/aromatic N) is 2. The highest BCUT2D eigenvalue weighted by Gasteiger charge is 2.29. The molecule has 146 valence electrons. The highest BCUT2D eigenvalue weighted by atomic mass is 32.2. The zero-order chi connectivity index (χ0) is 19.4. The summed E-state index contributed by atoms with van der Waals surface area (Å²) in [6.45, 7) is 0.934. The number of piperidine rings is 1. The molecule has 1 atom stereocenters. The second-order valence-electron chi connectivity index (χ2n) is 6.65. The van der Waals surface area contributed by atoms with Crippen molar-refractivity contribution in [2.75, 3.05) is 24.7 Å². The number of nitrogens with one attached hydrogen (secondary N) is 1. The molecular weight excluding hydrogens is 370 g/mol. The van der Waals surface area contributed by atoms with E-state index in [-0.39, 0.29) is 23.2 Å². The Bertz CT molecular complexity index is 895. The minimum atomic E-state index is -3.25. The van der Waals surface area contributed by atoms with Crippen LogP contribution in [0, 0.1) is 0 Å². The number of anilines is 1. The summed E-state index contributed by atoms with van der Waals surface area (Å²) in [5.74, 6) is -0.780. The van der Waals surface area contributed by atoms with Crippen molar-refractivity contribution in [3.05, 3.63) is 35.9 Å². The first-order chi connectivity index (χ1) is 12.9. The molecular formula is C18H23N3O5S. The van der Waals surface area contributed by atoms with Gasteiger partial charge in [-0.25, -0.2) is 13.2 Å². The van der Waals surface area contributed by atoms with Gasteiger partial charge in [-0.2, -0.15) is 4.31 Å². The van der Waals surface area contributed by atoms with Crippen LogP contribution in [0.5, 0.6) is 0 Å². The fourth-order valence-corrected chi connectivity index (χ4v) is 4.67. The number of carbonyl (C=O) groups is 1. The van der Waals surface area contributed by atoms with Crippen molar-refractivity contribution in [1.82, 2.24) is 9.46 Å². The van der Waals surface area contributed by atoms with E-state index in [1.807, 2.05) is 6.07 Å². The van der Waals surface area contributed by atoms with Gasteiger partial charge in [0.05, 0.1) is 6.26 Å². The molecule has 2 aromatic rings. The number of sulfonamides is 1. The fraction of sp³-hybridized carbons (Fsp3) is 0.444. The lowest BCUT2D eigenvalue weighted by molar-refractivity contribution is 0.0698. The van der Waals surface area contributed by atoms with Gasteiger partial charge in [-0.15, -0.1) is 0 Å². The molecule has 2 N–H and O–H groups in total. The van der Waals surface area contributed by atoms with Crippen molar-refractivity contribution in [2.24, 2.45) is 0 Å². The Kier molecular flexibility index (Phi) is 5.81. The highest BCUT2D eigenvalue weighted by molar-refractivity contribution is 7.88. The molecule has 8 nitrogen and oxygen atoms in total. The van der Waals surface area contributed by atoms with E-state index in [0.29, 0.717) is 25.1 Å². The average molecular weight is 393 g/mol. The Hall–Kier alpha value is -2.39. The second kappa shape index (κ2) is 8.10. The molecule has 0 radical (unpaired) electrons. The van der Waals surface area contributed by atoms with E-state index in [1.165, 1.54) is 10.6 Å². The molecule has 1 saturated heterocycles. The predicted molar refractivity (Wildman–Crippen MR) is 101 cm³/mol. The summed E-state index contributed by atoms with van der Waals surface area (Å²) in [6.07, 6.45) is 4.45. The lowest BCUT2D eigenvalue weighted by Gasteiger charge is -2.33. The molecule has 3 rings (SSSR count). The van der Waals surface area contributed by atoms with Crippen LogP contribution >= 0.6 is 0 Å². The average Bonchev–Trinajstić information content (AvgIpc) is 3.06. The second-order valence-corrected chi connectivity index (χ2v) is 8.58. The summed E-state index contributed by atoms with van der Waals surface area (Å²) in [6, 6.07) is 8.83. The maximum absolute atomic E-state index is 11.9. The summed E-state index contributed by atoms with van der Waals surface area (Å²) in [4.78, 5) is 11.7. The summed E-state index contributed by atoms with van der Waals surface area (Å²) in [5, 5.41) is 16.4. The number of aromatic carboxylic acids is 1. The van der Waals surface area contributed by atoms with E-state index in [2.05, 4.69) is 10.5 Å². The SMILES string of the molecule is CS(=O)(=O)N1CCCCC1CCNc1noc(-c2ccccc2)c1C(=O)O. The third-order valence-electron chi connectivity index (χ3n) is 4.71. The molecule has 1 unspecified atom stereocenters. The van der Waals surface area contributed by atoms with Crippen molar-refractivity contribution in [1.29, 1.82) is 0 Å². The van der Waals surface area contributed by atoms with Crippen molar-refractivity contribution >= 4 is 21.8 Å². The molecule has 1 fully saturated rings. The summed E-state index contributed by atoms with van der Waals surface area (Å²) >= 11 is 0. The normalized spacial score (nSPS) is 18.3. The van der Waals surface area contributed by atoms with Crippen LogP contribution < -0.4 is 5.32 Å². The first-order valence-corrected chi connectivity index (χ1v) is 10.7. The molecule has 1 aliphatic heterocycles. The van der Waals surface area contributed by atoms with Crippen LogP contribution in [0.2, 0.25) is 0 Å². The van der Waals surface area contributed by atoms with E-state index in [9.17, 15) is 18.3 Å². The number of aromatic nitrogens is 1. The van der Waals surface area contributed by atoms with Crippen LogP contribution in [-0.4, -0.2) is 54.3 Å². The topological polar surface area (TPSA) is 113 Å². The van der Waals surface area contributed by atoms with Gasteiger partial charge in [0, 0.05) is 24.7 Å². The van der Waals surface area contributed by atoms with Gasteiger partial charge in [0.2, 0.25) is 10.0 Å². The van der Waals surface area contributed by atoms with Gasteiger partial charge in [0.15, 0.2) is 17.1 Å². The number of carboxylic acid groups (broad SMARTS) is 1. The van der Waals surface area contributed by atoms with Gasteiger partial charge in [-0.1, -0.05) is 41.9 Å². The summed E-state index contributed by atoms with van der Waals surface area (Å²) in [5.41, 5.74) is 0.607. The molecule has 0 saturated carbocycles. The lowest BCUT2D eigenvalue weighted by Crippen LogP contribution is -2.43. The van der Waals surface area contributed by atoms with Crippen LogP contribution in [0.25, 0.3) is 11.3 Å². The van der Waals surface area contributed by atoms with E-state index in [4.69, 9.17) is 4.52 Å². The molecule has 1 aromatic heterocycles. The van der Waals surface area contributed by atoms with E-state index < -0.39 is 16.0 Å². The molecule has 0 spiro atoms. The standard InChI is InChI=1S/C18H23N3O5S/c1-27(24,25)21-12-6-5-9-14(21)10-11-19-17-15(18(22)23)16(26-20-17)13-7-3-2-4-8-13/h2-4,7-8,14H,5-6,9-12H2,1H3,(H,19,20)(H,22,23). The Balaban J connectivity index is 1.71. The molecule has 0 amide bonds. The molecule has 0 bridgehead atoms. The number of benzene rings is 1. The smallest absolute Gasteiger partial charge is 0.343 e.